The molecule has 1 aromatic heterocycles. The quantitative estimate of drug-likeness (QED) is 0.836. The highest BCUT2D eigenvalue weighted by Crippen LogP contribution is 2.17. The first kappa shape index (κ1) is 17.5. The van der Waals surface area contributed by atoms with Crippen molar-refractivity contribution >= 4 is 28.8 Å². The number of hydrogen-bond acceptors (Lipinski definition) is 4. The van der Waals surface area contributed by atoms with Crippen molar-refractivity contribution < 1.29 is 14.4 Å². The third kappa shape index (κ3) is 3.39. The highest BCUT2D eigenvalue weighted by atomic mass is 16.2. The van der Waals surface area contributed by atoms with Crippen molar-refractivity contribution in [1.29, 1.82) is 0 Å². The van der Waals surface area contributed by atoms with Crippen LogP contribution in [0.5, 0.6) is 0 Å². The molecule has 3 amide bonds. The van der Waals surface area contributed by atoms with Gasteiger partial charge in [-0.3, -0.25) is 14.4 Å². The van der Waals surface area contributed by atoms with Gasteiger partial charge in [0, 0.05) is 45.2 Å². The normalized spacial score (nSPS) is 20.6. The molecule has 1 aromatic carbocycles. The Labute approximate surface area is 157 Å². The Morgan fingerprint density at radius 3 is 2.70 bits per heavy atom. The van der Waals surface area contributed by atoms with Gasteiger partial charge in [0.1, 0.15) is 6.04 Å². The summed E-state index contributed by atoms with van der Waals surface area (Å²) in [6, 6.07) is 5.14. The minimum Gasteiger partial charge on any atom is -0.344 e. The fourth-order valence-electron chi connectivity index (χ4n) is 3.81. The predicted molar refractivity (Wildman–Crippen MR) is 99.0 cm³/mol. The number of carbonyl (C=O) groups is 3. The molecule has 0 spiro atoms. The highest BCUT2D eigenvalue weighted by Gasteiger charge is 2.32. The Morgan fingerprint density at radius 1 is 1.15 bits per heavy atom. The maximum absolute atomic E-state index is 12.9. The Morgan fingerprint density at radius 2 is 1.93 bits per heavy atom. The lowest BCUT2D eigenvalue weighted by molar-refractivity contribution is -0.134. The molecule has 0 aliphatic carbocycles. The van der Waals surface area contributed by atoms with Gasteiger partial charge < -0.3 is 19.7 Å². The highest BCUT2D eigenvalue weighted by molar-refractivity contribution is 5.97. The van der Waals surface area contributed by atoms with E-state index < -0.39 is 6.04 Å². The summed E-state index contributed by atoms with van der Waals surface area (Å²) in [6.45, 7) is 2.20. The van der Waals surface area contributed by atoms with Gasteiger partial charge in [-0.15, -0.1) is 0 Å². The van der Waals surface area contributed by atoms with Crippen LogP contribution < -0.4 is 5.32 Å². The fraction of sp³-hybridized carbons (Fsp3) is 0.474. The number of hydrogen-bond donors (Lipinski definition) is 1. The van der Waals surface area contributed by atoms with Crippen molar-refractivity contribution in [3.8, 4) is 0 Å². The van der Waals surface area contributed by atoms with Crippen LogP contribution in [0.15, 0.2) is 24.5 Å². The summed E-state index contributed by atoms with van der Waals surface area (Å²) in [4.78, 5) is 44.7. The molecule has 0 bridgehead atoms. The smallest absolute Gasteiger partial charge is 0.253 e. The Balaban J connectivity index is 1.43. The third-order valence-electron chi connectivity index (χ3n) is 5.36. The van der Waals surface area contributed by atoms with E-state index in [1.807, 2.05) is 29.8 Å². The van der Waals surface area contributed by atoms with Crippen molar-refractivity contribution in [3.05, 3.63) is 30.1 Å². The average molecular weight is 369 g/mol. The molecule has 2 aromatic rings. The zero-order valence-corrected chi connectivity index (χ0v) is 15.4. The molecule has 142 valence electrons. The molecule has 1 N–H and O–H groups in total. The van der Waals surface area contributed by atoms with Gasteiger partial charge in [0.2, 0.25) is 11.8 Å². The SMILES string of the molecule is Cn1cnc2cc(C(=O)N3CCCN(C(=O)C4CCC(=O)N4)CC3)ccc21. The molecule has 2 aliphatic heterocycles. The number of nitrogens with zero attached hydrogens (tertiary/aromatic N) is 4. The van der Waals surface area contributed by atoms with Crippen molar-refractivity contribution in [2.24, 2.45) is 7.05 Å². The fourth-order valence-corrected chi connectivity index (χ4v) is 3.81. The molecule has 2 saturated heterocycles. The van der Waals surface area contributed by atoms with Crippen molar-refractivity contribution in [2.75, 3.05) is 26.2 Å². The van der Waals surface area contributed by atoms with Gasteiger partial charge in [-0.2, -0.15) is 0 Å². The van der Waals surface area contributed by atoms with Crippen molar-refractivity contribution in [1.82, 2.24) is 24.7 Å². The molecule has 0 saturated carbocycles. The number of benzene rings is 1. The van der Waals surface area contributed by atoms with Crippen LogP contribution in [0.1, 0.15) is 29.6 Å². The largest absolute Gasteiger partial charge is 0.344 e. The molecule has 3 heterocycles. The number of nitrogens with one attached hydrogen (secondary N) is 1. The Hall–Kier alpha value is -2.90. The number of rotatable bonds is 2. The molecular weight excluding hydrogens is 346 g/mol. The summed E-state index contributed by atoms with van der Waals surface area (Å²) in [6.07, 6.45) is 3.42. The van der Waals surface area contributed by atoms with Crippen LogP contribution >= 0.6 is 0 Å². The zero-order chi connectivity index (χ0) is 19.0. The molecule has 0 radical (unpaired) electrons. The molecule has 4 rings (SSSR count). The molecule has 2 fully saturated rings. The van der Waals surface area contributed by atoms with E-state index in [2.05, 4.69) is 10.3 Å². The maximum Gasteiger partial charge on any atom is 0.253 e. The molecule has 1 unspecified atom stereocenters. The van der Waals surface area contributed by atoms with Gasteiger partial charge >= 0.3 is 0 Å². The van der Waals surface area contributed by atoms with E-state index in [0.29, 0.717) is 44.6 Å². The summed E-state index contributed by atoms with van der Waals surface area (Å²) in [5.41, 5.74) is 2.40. The van der Waals surface area contributed by atoms with E-state index in [1.165, 1.54) is 0 Å². The number of amides is 3. The second kappa shape index (κ2) is 7.02. The van der Waals surface area contributed by atoms with E-state index in [4.69, 9.17) is 0 Å². The lowest BCUT2D eigenvalue weighted by atomic mass is 10.1. The number of imidazole rings is 1. The van der Waals surface area contributed by atoms with Crippen LogP contribution in [0.4, 0.5) is 0 Å². The summed E-state index contributed by atoms with van der Waals surface area (Å²) in [7, 11) is 1.92. The van der Waals surface area contributed by atoms with Gasteiger partial charge in [0.05, 0.1) is 17.4 Å². The Kier molecular flexibility index (Phi) is 4.55. The van der Waals surface area contributed by atoms with Crippen molar-refractivity contribution in [3.63, 3.8) is 0 Å². The minimum absolute atomic E-state index is 0.0361. The average Bonchev–Trinajstić information content (AvgIpc) is 3.17. The standard InChI is InChI=1S/C19H23N5O3/c1-22-12-20-15-11-13(3-5-16(15)22)18(26)23-7-2-8-24(10-9-23)19(27)14-4-6-17(25)21-14/h3,5,11-12,14H,2,4,6-10H2,1H3,(H,21,25). The summed E-state index contributed by atoms with van der Waals surface area (Å²) in [5.74, 6) is -0.138. The summed E-state index contributed by atoms with van der Waals surface area (Å²) < 4.78 is 1.92. The third-order valence-corrected chi connectivity index (χ3v) is 5.36. The van der Waals surface area contributed by atoms with Gasteiger partial charge in [0.15, 0.2) is 0 Å². The first-order valence-corrected chi connectivity index (χ1v) is 9.31. The zero-order valence-electron chi connectivity index (χ0n) is 15.4. The van der Waals surface area contributed by atoms with Gasteiger partial charge in [-0.1, -0.05) is 0 Å². The van der Waals surface area contributed by atoms with Crippen LogP contribution in [0, 0.1) is 0 Å². The van der Waals surface area contributed by atoms with Gasteiger partial charge in [0.25, 0.3) is 5.91 Å². The molecular formula is C19H23N5O3. The number of fused-ring (bicyclic) bond motifs is 1. The minimum atomic E-state index is -0.411. The van der Waals surface area contributed by atoms with E-state index in [9.17, 15) is 14.4 Å². The molecule has 8 nitrogen and oxygen atoms in total. The van der Waals surface area contributed by atoms with E-state index in [0.717, 1.165) is 17.5 Å². The first-order valence-electron chi connectivity index (χ1n) is 9.31. The maximum atomic E-state index is 12.9. The monoisotopic (exact) mass is 369 g/mol. The predicted octanol–water partition coefficient (Wildman–Crippen LogP) is 0.526. The van der Waals surface area contributed by atoms with Crippen LogP contribution in [0.25, 0.3) is 11.0 Å². The summed E-state index contributed by atoms with van der Waals surface area (Å²) >= 11 is 0. The van der Waals surface area contributed by atoms with Crippen LogP contribution in [0.3, 0.4) is 0 Å². The van der Waals surface area contributed by atoms with E-state index in [-0.39, 0.29) is 17.7 Å². The topological polar surface area (TPSA) is 87.5 Å². The first-order chi connectivity index (χ1) is 13.0. The second-order valence-corrected chi connectivity index (χ2v) is 7.19. The van der Waals surface area contributed by atoms with E-state index in [1.54, 1.807) is 16.1 Å². The lowest BCUT2D eigenvalue weighted by Gasteiger charge is -2.24. The molecule has 2 aliphatic rings. The molecule has 8 heteroatoms. The van der Waals surface area contributed by atoms with Gasteiger partial charge in [-0.05, 0) is 31.0 Å². The number of aromatic nitrogens is 2. The number of carbonyl (C=O) groups excluding carboxylic acids is 3. The van der Waals surface area contributed by atoms with Crippen LogP contribution in [0.2, 0.25) is 0 Å². The van der Waals surface area contributed by atoms with Crippen LogP contribution in [-0.2, 0) is 16.6 Å². The van der Waals surface area contributed by atoms with Gasteiger partial charge in [-0.25, -0.2) is 4.98 Å². The summed E-state index contributed by atoms with van der Waals surface area (Å²) in [5, 5.41) is 2.73. The molecule has 1 atom stereocenters. The number of aryl methyl sites for hydroxylation is 1. The van der Waals surface area contributed by atoms with Crippen LogP contribution in [-0.4, -0.2) is 69.3 Å². The van der Waals surface area contributed by atoms with Crippen molar-refractivity contribution in [2.45, 2.75) is 25.3 Å². The Bertz CT molecular complexity index is 906. The second-order valence-electron chi connectivity index (χ2n) is 7.19. The lowest BCUT2D eigenvalue weighted by Crippen LogP contribution is -2.46. The van der Waals surface area contributed by atoms with E-state index >= 15 is 0 Å². The molecule has 27 heavy (non-hydrogen) atoms.